The van der Waals surface area contributed by atoms with Crippen LogP contribution in [-0.2, 0) is 0 Å². The Hall–Kier alpha value is -1.85. The van der Waals surface area contributed by atoms with Crippen molar-refractivity contribution in [1.29, 1.82) is 0 Å². The first kappa shape index (κ1) is 18.0. The molecule has 0 saturated carbocycles. The van der Waals surface area contributed by atoms with Gasteiger partial charge in [0.1, 0.15) is 5.76 Å². The van der Waals surface area contributed by atoms with E-state index in [2.05, 4.69) is 53.6 Å². The average molecular weight is 358 g/mol. The lowest BCUT2D eigenvalue weighted by molar-refractivity contribution is 0.146. The Bertz CT molecular complexity index is 693. The molecule has 0 radical (unpaired) electrons. The zero-order chi connectivity index (χ0) is 17.6. The fourth-order valence-electron chi connectivity index (χ4n) is 3.30. The molecule has 1 aromatic carbocycles. The van der Waals surface area contributed by atoms with Crippen molar-refractivity contribution in [2.75, 3.05) is 25.0 Å². The zero-order valence-corrected chi connectivity index (χ0v) is 15.9. The summed E-state index contributed by atoms with van der Waals surface area (Å²) in [5, 5.41) is 7.30. The Morgan fingerprint density at radius 1 is 1.16 bits per heavy atom. The summed E-state index contributed by atoms with van der Waals surface area (Å²) in [5.41, 5.74) is 3.56. The van der Waals surface area contributed by atoms with Gasteiger partial charge in [-0.3, -0.25) is 4.90 Å². The number of nitrogens with zero attached hydrogens (tertiary/aromatic N) is 1. The monoisotopic (exact) mass is 357 g/mol. The molecule has 134 valence electrons. The number of hydrogen-bond acceptors (Lipinski definition) is 3. The number of rotatable bonds is 5. The first-order valence-corrected chi connectivity index (χ1v) is 9.44. The van der Waals surface area contributed by atoms with E-state index in [0.717, 1.165) is 31.1 Å². The molecule has 2 N–H and O–H groups in total. The number of anilines is 1. The van der Waals surface area contributed by atoms with E-state index in [1.807, 2.05) is 6.07 Å². The quantitative estimate of drug-likeness (QED) is 0.776. The van der Waals surface area contributed by atoms with Gasteiger partial charge < -0.3 is 15.1 Å². The molecule has 0 bridgehead atoms. The molecular weight excluding hydrogens is 330 g/mol. The molecule has 2 aromatic rings. The first-order valence-electron chi connectivity index (χ1n) is 9.03. The van der Waals surface area contributed by atoms with Gasteiger partial charge in [-0.2, -0.15) is 0 Å². The lowest BCUT2D eigenvalue weighted by atomic mass is 10.1. The van der Waals surface area contributed by atoms with Crippen molar-refractivity contribution in [2.45, 2.75) is 39.2 Å². The van der Waals surface area contributed by atoms with E-state index in [1.165, 1.54) is 30.4 Å². The van der Waals surface area contributed by atoms with Crippen LogP contribution in [0.5, 0.6) is 0 Å². The topological polar surface area (TPSA) is 40.4 Å². The number of nitrogens with one attached hydrogen (secondary N) is 2. The third-order valence-corrected chi connectivity index (χ3v) is 5.17. The summed E-state index contributed by atoms with van der Waals surface area (Å²) in [5.74, 6) is 1.00. The summed E-state index contributed by atoms with van der Waals surface area (Å²) < 4.78 is 5.68. The minimum atomic E-state index is 0.217. The standard InChI is InChI=1S/C20H27N3OS/c1-15-8-9-17(13-16(15)2)22-20(25)21-14-18(19-7-6-12-24-19)23-10-4-3-5-11-23/h6-9,12-13,18H,3-5,10-11,14H2,1-2H3,(H2,21,22,25)/t18-/m1/s1. The van der Waals surface area contributed by atoms with Crippen molar-refractivity contribution < 1.29 is 4.42 Å². The minimum Gasteiger partial charge on any atom is -0.468 e. The van der Waals surface area contributed by atoms with Crippen LogP contribution in [0.15, 0.2) is 41.0 Å². The van der Waals surface area contributed by atoms with Crippen molar-refractivity contribution in [1.82, 2.24) is 10.2 Å². The van der Waals surface area contributed by atoms with E-state index in [1.54, 1.807) is 6.26 Å². The van der Waals surface area contributed by atoms with Crippen LogP contribution in [0.3, 0.4) is 0 Å². The molecular formula is C20H27N3OS. The molecule has 1 atom stereocenters. The molecule has 1 aromatic heterocycles. The van der Waals surface area contributed by atoms with E-state index < -0.39 is 0 Å². The maximum Gasteiger partial charge on any atom is 0.170 e. The highest BCUT2D eigenvalue weighted by Crippen LogP contribution is 2.24. The molecule has 1 aliphatic rings. The zero-order valence-electron chi connectivity index (χ0n) is 15.0. The summed E-state index contributed by atoms with van der Waals surface area (Å²) in [7, 11) is 0. The predicted octanol–water partition coefficient (Wildman–Crippen LogP) is 4.41. The van der Waals surface area contributed by atoms with Gasteiger partial charge in [-0.05, 0) is 87.4 Å². The predicted molar refractivity (Wildman–Crippen MR) is 107 cm³/mol. The number of aryl methyl sites for hydroxylation is 2. The van der Waals surface area contributed by atoms with Crippen LogP contribution >= 0.6 is 12.2 Å². The van der Waals surface area contributed by atoms with Crippen molar-refractivity contribution in [3.8, 4) is 0 Å². The molecule has 0 amide bonds. The van der Waals surface area contributed by atoms with Crippen molar-refractivity contribution in [2.24, 2.45) is 0 Å². The molecule has 4 nitrogen and oxygen atoms in total. The van der Waals surface area contributed by atoms with Gasteiger partial charge in [0.05, 0.1) is 12.3 Å². The van der Waals surface area contributed by atoms with Gasteiger partial charge in [-0.15, -0.1) is 0 Å². The number of benzene rings is 1. The molecule has 1 saturated heterocycles. The smallest absolute Gasteiger partial charge is 0.170 e. The maximum absolute atomic E-state index is 5.68. The summed E-state index contributed by atoms with van der Waals surface area (Å²) in [6, 6.07) is 10.5. The van der Waals surface area contributed by atoms with Crippen molar-refractivity contribution in [3.05, 3.63) is 53.5 Å². The summed E-state index contributed by atoms with van der Waals surface area (Å²) in [6.07, 6.45) is 5.57. The fourth-order valence-corrected chi connectivity index (χ4v) is 3.51. The lowest BCUT2D eigenvalue weighted by Gasteiger charge is -2.33. The van der Waals surface area contributed by atoms with E-state index in [-0.39, 0.29) is 6.04 Å². The van der Waals surface area contributed by atoms with Gasteiger partial charge in [0.25, 0.3) is 0 Å². The Morgan fingerprint density at radius 2 is 1.96 bits per heavy atom. The van der Waals surface area contributed by atoms with Crippen molar-refractivity contribution >= 4 is 23.0 Å². The van der Waals surface area contributed by atoms with Crippen LogP contribution in [0.2, 0.25) is 0 Å². The summed E-state index contributed by atoms with van der Waals surface area (Å²) in [6.45, 7) is 7.20. The van der Waals surface area contributed by atoms with Gasteiger partial charge in [0.2, 0.25) is 0 Å². The number of piperidine rings is 1. The molecule has 0 spiro atoms. The van der Waals surface area contributed by atoms with Crippen LogP contribution in [0.25, 0.3) is 0 Å². The Morgan fingerprint density at radius 3 is 2.64 bits per heavy atom. The third-order valence-electron chi connectivity index (χ3n) is 4.92. The Balaban J connectivity index is 1.60. The number of furan rings is 1. The third kappa shape index (κ3) is 4.83. The number of thiocarbonyl (C=S) groups is 1. The van der Waals surface area contributed by atoms with Gasteiger partial charge in [-0.25, -0.2) is 0 Å². The highest BCUT2D eigenvalue weighted by Gasteiger charge is 2.24. The highest BCUT2D eigenvalue weighted by molar-refractivity contribution is 7.80. The Kier molecular flexibility index (Phi) is 6.10. The van der Waals surface area contributed by atoms with Gasteiger partial charge >= 0.3 is 0 Å². The van der Waals surface area contributed by atoms with E-state index in [4.69, 9.17) is 16.6 Å². The molecule has 1 fully saturated rings. The number of likely N-dealkylation sites (tertiary alicyclic amines) is 1. The minimum absolute atomic E-state index is 0.217. The van der Waals surface area contributed by atoms with Crippen LogP contribution < -0.4 is 10.6 Å². The second kappa shape index (κ2) is 8.50. The molecule has 0 unspecified atom stereocenters. The molecule has 25 heavy (non-hydrogen) atoms. The van der Waals surface area contributed by atoms with Crippen LogP contribution in [0, 0.1) is 13.8 Å². The average Bonchev–Trinajstić information content (AvgIpc) is 3.14. The van der Waals surface area contributed by atoms with E-state index in [0.29, 0.717) is 5.11 Å². The Labute approximate surface area is 155 Å². The fraction of sp³-hybridized carbons (Fsp3) is 0.450. The second-order valence-electron chi connectivity index (χ2n) is 6.76. The van der Waals surface area contributed by atoms with E-state index >= 15 is 0 Å². The van der Waals surface area contributed by atoms with Crippen molar-refractivity contribution in [3.63, 3.8) is 0 Å². The van der Waals surface area contributed by atoms with E-state index in [9.17, 15) is 0 Å². The van der Waals surface area contributed by atoms with Crippen LogP contribution in [0.1, 0.15) is 42.2 Å². The second-order valence-corrected chi connectivity index (χ2v) is 7.17. The first-order chi connectivity index (χ1) is 12.1. The maximum atomic E-state index is 5.68. The van der Waals surface area contributed by atoms with Gasteiger partial charge in [-0.1, -0.05) is 12.5 Å². The summed E-state index contributed by atoms with van der Waals surface area (Å²) >= 11 is 5.49. The largest absolute Gasteiger partial charge is 0.468 e. The van der Waals surface area contributed by atoms with Crippen LogP contribution in [-0.4, -0.2) is 29.6 Å². The molecule has 3 rings (SSSR count). The molecule has 1 aliphatic heterocycles. The van der Waals surface area contributed by atoms with Gasteiger partial charge in [0, 0.05) is 12.2 Å². The van der Waals surface area contributed by atoms with Gasteiger partial charge in [0.15, 0.2) is 5.11 Å². The SMILES string of the molecule is Cc1ccc(NC(=S)NC[C@H](c2ccco2)N2CCCCC2)cc1C. The van der Waals surface area contributed by atoms with Crippen LogP contribution in [0.4, 0.5) is 5.69 Å². The summed E-state index contributed by atoms with van der Waals surface area (Å²) in [4.78, 5) is 2.49. The molecule has 5 heteroatoms. The number of hydrogen-bond donors (Lipinski definition) is 2. The molecule has 2 heterocycles. The highest BCUT2D eigenvalue weighted by atomic mass is 32.1. The lowest BCUT2D eigenvalue weighted by Crippen LogP contribution is -2.41. The normalized spacial score (nSPS) is 16.4. The molecule has 0 aliphatic carbocycles.